The number of halogens is 1. The van der Waals surface area contributed by atoms with Gasteiger partial charge in [-0.25, -0.2) is 5.90 Å². The summed E-state index contributed by atoms with van der Waals surface area (Å²) in [6.07, 6.45) is 0.869. The predicted octanol–water partition coefficient (Wildman–Crippen LogP) is 2.50. The maximum atomic E-state index is 5.00. The standard InChI is InChI=1S/C10H14BrNO/c1-7-3-4-10(11)8(2)9(7)5-6-13-12/h3-4H,5-6,12H2,1-2H3. The number of aryl methyl sites for hydroxylation is 1. The topological polar surface area (TPSA) is 35.2 Å². The molecule has 0 saturated carbocycles. The highest BCUT2D eigenvalue weighted by Crippen LogP contribution is 2.23. The van der Waals surface area contributed by atoms with E-state index >= 15 is 0 Å². The zero-order valence-corrected chi connectivity index (χ0v) is 9.52. The maximum Gasteiger partial charge on any atom is 0.0719 e. The fourth-order valence-corrected chi connectivity index (χ4v) is 1.78. The Labute approximate surface area is 87.2 Å². The van der Waals surface area contributed by atoms with Gasteiger partial charge in [-0.2, -0.15) is 0 Å². The lowest BCUT2D eigenvalue weighted by Gasteiger charge is -2.10. The first kappa shape index (κ1) is 10.7. The molecule has 0 unspecified atom stereocenters. The Bertz CT molecular complexity index is 299. The SMILES string of the molecule is Cc1ccc(Br)c(C)c1CCON. The summed E-state index contributed by atoms with van der Waals surface area (Å²) in [4.78, 5) is 4.58. The first-order valence-electron chi connectivity index (χ1n) is 4.23. The average Bonchev–Trinajstić information content (AvgIpc) is 2.12. The fraction of sp³-hybridized carbons (Fsp3) is 0.400. The summed E-state index contributed by atoms with van der Waals surface area (Å²) in [6, 6.07) is 4.17. The van der Waals surface area contributed by atoms with Crippen LogP contribution in [0.5, 0.6) is 0 Å². The molecule has 0 aliphatic rings. The zero-order valence-electron chi connectivity index (χ0n) is 7.93. The maximum absolute atomic E-state index is 5.00. The third-order valence-electron chi connectivity index (χ3n) is 2.24. The summed E-state index contributed by atoms with van der Waals surface area (Å²) in [6.45, 7) is 4.77. The molecule has 0 atom stereocenters. The lowest BCUT2D eigenvalue weighted by molar-refractivity contribution is 0.141. The van der Waals surface area contributed by atoms with Crippen molar-refractivity contribution < 1.29 is 4.84 Å². The fourth-order valence-electron chi connectivity index (χ4n) is 1.41. The predicted molar refractivity (Wildman–Crippen MR) is 57.5 cm³/mol. The summed E-state index contributed by atoms with van der Waals surface area (Å²) < 4.78 is 1.14. The molecule has 0 radical (unpaired) electrons. The molecule has 0 bridgehead atoms. The van der Waals surface area contributed by atoms with E-state index in [0.29, 0.717) is 6.61 Å². The molecule has 0 aromatic heterocycles. The van der Waals surface area contributed by atoms with Crippen LogP contribution in [0.3, 0.4) is 0 Å². The van der Waals surface area contributed by atoms with E-state index in [9.17, 15) is 0 Å². The van der Waals surface area contributed by atoms with Crippen LogP contribution in [0, 0.1) is 13.8 Å². The van der Waals surface area contributed by atoms with Crippen LogP contribution in [0.2, 0.25) is 0 Å². The second-order valence-electron chi connectivity index (χ2n) is 3.09. The number of nitrogens with two attached hydrogens (primary N) is 1. The van der Waals surface area contributed by atoms with Crippen LogP contribution >= 0.6 is 15.9 Å². The van der Waals surface area contributed by atoms with E-state index in [0.717, 1.165) is 10.9 Å². The number of hydrogen-bond acceptors (Lipinski definition) is 2. The van der Waals surface area contributed by atoms with Gasteiger partial charge >= 0.3 is 0 Å². The summed E-state index contributed by atoms with van der Waals surface area (Å²) in [7, 11) is 0. The van der Waals surface area contributed by atoms with E-state index in [-0.39, 0.29) is 0 Å². The Hall–Kier alpha value is -0.380. The third kappa shape index (κ3) is 2.53. The quantitative estimate of drug-likeness (QED) is 0.829. The van der Waals surface area contributed by atoms with Crippen molar-refractivity contribution in [1.82, 2.24) is 0 Å². The van der Waals surface area contributed by atoms with Crippen molar-refractivity contribution in [3.05, 3.63) is 33.3 Å². The normalized spacial score (nSPS) is 10.5. The Morgan fingerprint density at radius 1 is 1.38 bits per heavy atom. The van der Waals surface area contributed by atoms with E-state index < -0.39 is 0 Å². The van der Waals surface area contributed by atoms with Crippen LogP contribution in [-0.2, 0) is 11.3 Å². The van der Waals surface area contributed by atoms with Crippen molar-refractivity contribution in [2.45, 2.75) is 20.3 Å². The largest absolute Gasteiger partial charge is 0.304 e. The molecule has 0 amide bonds. The number of benzene rings is 1. The molecule has 1 aromatic rings. The van der Waals surface area contributed by atoms with Crippen LogP contribution in [-0.4, -0.2) is 6.61 Å². The Kier molecular flexibility index (Phi) is 3.90. The molecule has 0 aliphatic carbocycles. The molecule has 2 N–H and O–H groups in total. The molecule has 13 heavy (non-hydrogen) atoms. The van der Waals surface area contributed by atoms with Gasteiger partial charge in [-0.05, 0) is 43.0 Å². The minimum atomic E-state index is 0.568. The molecule has 72 valence electrons. The number of hydrogen-bond donors (Lipinski definition) is 1. The zero-order chi connectivity index (χ0) is 9.84. The third-order valence-corrected chi connectivity index (χ3v) is 3.10. The van der Waals surface area contributed by atoms with Gasteiger partial charge in [-0.1, -0.05) is 22.0 Å². The van der Waals surface area contributed by atoms with Gasteiger partial charge in [0.25, 0.3) is 0 Å². The van der Waals surface area contributed by atoms with E-state index in [1.54, 1.807) is 0 Å². The Morgan fingerprint density at radius 3 is 2.69 bits per heavy atom. The molecule has 1 rings (SSSR count). The van der Waals surface area contributed by atoms with Crippen molar-refractivity contribution in [2.24, 2.45) is 5.90 Å². The molecule has 1 aromatic carbocycles. The van der Waals surface area contributed by atoms with Gasteiger partial charge in [0.2, 0.25) is 0 Å². The van der Waals surface area contributed by atoms with Crippen LogP contribution in [0.4, 0.5) is 0 Å². The van der Waals surface area contributed by atoms with Gasteiger partial charge in [-0.3, -0.25) is 0 Å². The minimum Gasteiger partial charge on any atom is -0.304 e. The molecular formula is C10H14BrNO. The van der Waals surface area contributed by atoms with Crippen molar-refractivity contribution in [2.75, 3.05) is 6.61 Å². The lowest BCUT2D eigenvalue weighted by atomic mass is 10.0. The molecule has 3 heteroatoms. The molecular weight excluding hydrogens is 230 g/mol. The second-order valence-corrected chi connectivity index (χ2v) is 3.94. The van der Waals surface area contributed by atoms with Crippen LogP contribution in [0.25, 0.3) is 0 Å². The summed E-state index contributed by atoms with van der Waals surface area (Å²) in [5.41, 5.74) is 3.88. The first-order chi connectivity index (χ1) is 6.16. The highest BCUT2D eigenvalue weighted by Gasteiger charge is 2.05. The second kappa shape index (κ2) is 4.74. The highest BCUT2D eigenvalue weighted by molar-refractivity contribution is 9.10. The van der Waals surface area contributed by atoms with Crippen LogP contribution < -0.4 is 5.90 Å². The molecule has 0 heterocycles. The monoisotopic (exact) mass is 243 g/mol. The van der Waals surface area contributed by atoms with E-state index in [2.05, 4.69) is 46.7 Å². The molecule has 2 nitrogen and oxygen atoms in total. The molecule has 0 fully saturated rings. The van der Waals surface area contributed by atoms with E-state index in [4.69, 9.17) is 5.90 Å². The number of rotatable bonds is 3. The Balaban J connectivity index is 2.96. The molecule has 0 spiro atoms. The summed E-state index contributed by atoms with van der Waals surface area (Å²) >= 11 is 3.50. The van der Waals surface area contributed by atoms with Crippen molar-refractivity contribution in [3.8, 4) is 0 Å². The molecule has 0 aliphatic heterocycles. The van der Waals surface area contributed by atoms with Gasteiger partial charge in [0.1, 0.15) is 0 Å². The smallest absolute Gasteiger partial charge is 0.0719 e. The van der Waals surface area contributed by atoms with Crippen molar-refractivity contribution in [3.63, 3.8) is 0 Å². The van der Waals surface area contributed by atoms with Gasteiger partial charge in [0, 0.05) is 4.47 Å². The summed E-state index contributed by atoms with van der Waals surface area (Å²) in [5.74, 6) is 5.00. The van der Waals surface area contributed by atoms with E-state index in [1.165, 1.54) is 16.7 Å². The van der Waals surface area contributed by atoms with Crippen LogP contribution in [0.1, 0.15) is 16.7 Å². The lowest BCUT2D eigenvalue weighted by Crippen LogP contribution is -2.06. The highest BCUT2D eigenvalue weighted by atomic mass is 79.9. The Morgan fingerprint density at radius 2 is 2.08 bits per heavy atom. The first-order valence-corrected chi connectivity index (χ1v) is 5.02. The van der Waals surface area contributed by atoms with Crippen molar-refractivity contribution >= 4 is 15.9 Å². The minimum absolute atomic E-state index is 0.568. The van der Waals surface area contributed by atoms with Crippen molar-refractivity contribution in [1.29, 1.82) is 0 Å². The van der Waals surface area contributed by atoms with E-state index in [1.807, 2.05) is 0 Å². The van der Waals surface area contributed by atoms with Crippen LogP contribution in [0.15, 0.2) is 16.6 Å². The van der Waals surface area contributed by atoms with Gasteiger partial charge in [0.05, 0.1) is 6.61 Å². The average molecular weight is 244 g/mol. The van der Waals surface area contributed by atoms with Gasteiger partial charge in [0.15, 0.2) is 0 Å². The summed E-state index contributed by atoms with van der Waals surface area (Å²) in [5, 5.41) is 0. The molecule has 0 saturated heterocycles. The van der Waals surface area contributed by atoms with Gasteiger partial charge in [-0.15, -0.1) is 0 Å². The van der Waals surface area contributed by atoms with Gasteiger partial charge < -0.3 is 4.84 Å².